The summed E-state index contributed by atoms with van der Waals surface area (Å²) in [6.45, 7) is 6.45. The van der Waals surface area contributed by atoms with Crippen LogP contribution in [0, 0.1) is 0 Å². The van der Waals surface area contributed by atoms with Crippen LogP contribution in [-0.2, 0) is 28.6 Å². The zero-order valence-corrected chi connectivity index (χ0v) is 50.0. The van der Waals surface area contributed by atoms with Gasteiger partial charge in [0.25, 0.3) is 0 Å². The number of rotatable bonds is 58. The van der Waals surface area contributed by atoms with Crippen molar-refractivity contribution < 1.29 is 28.6 Å². The molecular formula is C70H120O6. The molecule has 436 valence electrons. The molecule has 0 aliphatic rings. The highest BCUT2D eigenvalue weighted by Gasteiger charge is 2.19. The quantitative estimate of drug-likeness (QED) is 0.0261. The van der Waals surface area contributed by atoms with E-state index in [1.807, 2.05) is 0 Å². The van der Waals surface area contributed by atoms with Gasteiger partial charge in [-0.05, 0) is 83.5 Å². The first-order valence-electron chi connectivity index (χ1n) is 32.2. The van der Waals surface area contributed by atoms with Crippen LogP contribution in [0.25, 0.3) is 0 Å². The number of ether oxygens (including phenoxy) is 3. The van der Waals surface area contributed by atoms with E-state index in [1.165, 1.54) is 141 Å². The molecule has 6 nitrogen and oxygen atoms in total. The predicted molar refractivity (Wildman–Crippen MR) is 330 cm³/mol. The van der Waals surface area contributed by atoms with Gasteiger partial charge < -0.3 is 14.2 Å². The van der Waals surface area contributed by atoms with Crippen LogP contribution >= 0.6 is 0 Å². The Morgan fingerprint density at radius 2 is 0.513 bits per heavy atom. The first-order chi connectivity index (χ1) is 37.5. The largest absolute Gasteiger partial charge is 0.462 e. The van der Waals surface area contributed by atoms with Crippen molar-refractivity contribution in [2.24, 2.45) is 0 Å². The SMILES string of the molecule is CC/C=C\C/C=C\C/C=C\C/C=C\C/C=C\C/C=C\C/C=C\C/C=C\CCCCCCC(=O)OCC(COC(=O)CCCCCCC)OC(=O)CCCCCCCCCCCCCCCCCCCCCCCCCC. The first kappa shape index (κ1) is 72.3. The van der Waals surface area contributed by atoms with Crippen LogP contribution in [0.2, 0.25) is 0 Å². The maximum atomic E-state index is 12.8. The van der Waals surface area contributed by atoms with E-state index in [0.717, 1.165) is 128 Å². The molecule has 0 amide bonds. The van der Waals surface area contributed by atoms with Gasteiger partial charge in [0, 0.05) is 19.3 Å². The van der Waals surface area contributed by atoms with Crippen molar-refractivity contribution in [3.63, 3.8) is 0 Å². The van der Waals surface area contributed by atoms with Crippen LogP contribution in [0.5, 0.6) is 0 Å². The van der Waals surface area contributed by atoms with Gasteiger partial charge in [-0.15, -0.1) is 0 Å². The number of allylic oxidation sites excluding steroid dienone is 16. The lowest BCUT2D eigenvalue weighted by molar-refractivity contribution is -0.167. The second-order valence-electron chi connectivity index (χ2n) is 21.3. The van der Waals surface area contributed by atoms with Gasteiger partial charge in [-0.1, -0.05) is 304 Å². The zero-order valence-electron chi connectivity index (χ0n) is 50.0. The van der Waals surface area contributed by atoms with Gasteiger partial charge in [-0.3, -0.25) is 14.4 Å². The number of unbranched alkanes of at least 4 members (excludes halogenated alkanes) is 31. The Morgan fingerprint density at radius 1 is 0.276 bits per heavy atom. The lowest BCUT2D eigenvalue weighted by Crippen LogP contribution is -2.30. The predicted octanol–water partition coefficient (Wildman–Crippen LogP) is 22.0. The number of hydrogen-bond donors (Lipinski definition) is 0. The van der Waals surface area contributed by atoms with E-state index < -0.39 is 6.10 Å². The first-order valence-corrected chi connectivity index (χ1v) is 32.2. The monoisotopic (exact) mass is 1060 g/mol. The lowest BCUT2D eigenvalue weighted by atomic mass is 10.0. The van der Waals surface area contributed by atoms with Gasteiger partial charge in [0.15, 0.2) is 6.10 Å². The molecule has 76 heavy (non-hydrogen) atoms. The standard InChI is InChI=1S/C70H120O6/c1-4-7-10-13-15-17-19-21-23-25-27-29-31-33-34-35-36-37-39-40-42-44-46-48-50-52-54-57-60-63-69(72)75-66-67(65-74-68(71)62-59-56-12-9-6-3)76-70(73)64-61-58-55-53-51-49-47-45-43-41-38-32-30-28-26-24-22-20-18-16-14-11-8-5-2/h7,10,15,17,21,23,27,29,33-34,36-37,40,42,46,48,67H,4-6,8-9,11-14,16,18-20,22,24-26,28,30-32,35,38-39,41,43-45,47,49-66H2,1-3H3/b10-7-,17-15-,23-21-,29-27-,34-33-,37-36-,42-40-,48-46-. The summed E-state index contributed by atoms with van der Waals surface area (Å²) in [7, 11) is 0. The summed E-state index contributed by atoms with van der Waals surface area (Å²) in [4.78, 5) is 37.9. The van der Waals surface area contributed by atoms with Gasteiger partial charge >= 0.3 is 17.9 Å². The van der Waals surface area contributed by atoms with E-state index in [-0.39, 0.29) is 31.1 Å². The molecule has 6 heteroatoms. The molecule has 0 N–H and O–H groups in total. The van der Waals surface area contributed by atoms with Crippen molar-refractivity contribution in [2.45, 2.75) is 316 Å². The minimum atomic E-state index is -0.784. The Morgan fingerprint density at radius 3 is 0.803 bits per heavy atom. The van der Waals surface area contributed by atoms with Crippen molar-refractivity contribution in [3.05, 3.63) is 97.2 Å². The van der Waals surface area contributed by atoms with Crippen LogP contribution < -0.4 is 0 Å². The summed E-state index contributed by atoms with van der Waals surface area (Å²) < 4.78 is 16.8. The van der Waals surface area contributed by atoms with E-state index in [9.17, 15) is 14.4 Å². The molecule has 0 spiro atoms. The van der Waals surface area contributed by atoms with Crippen LogP contribution in [-0.4, -0.2) is 37.2 Å². The second-order valence-corrected chi connectivity index (χ2v) is 21.3. The molecule has 0 aliphatic carbocycles. The molecule has 0 heterocycles. The van der Waals surface area contributed by atoms with Gasteiger partial charge in [-0.25, -0.2) is 0 Å². The number of esters is 3. The van der Waals surface area contributed by atoms with Crippen LogP contribution in [0.15, 0.2) is 97.2 Å². The maximum absolute atomic E-state index is 12.8. The van der Waals surface area contributed by atoms with Gasteiger partial charge in [-0.2, -0.15) is 0 Å². The van der Waals surface area contributed by atoms with E-state index in [1.54, 1.807) is 0 Å². The third kappa shape index (κ3) is 61.2. The van der Waals surface area contributed by atoms with Gasteiger partial charge in [0.2, 0.25) is 0 Å². The molecule has 0 saturated carbocycles. The minimum Gasteiger partial charge on any atom is -0.462 e. The van der Waals surface area contributed by atoms with Crippen LogP contribution in [0.1, 0.15) is 310 Å². The summed E-state index contributed by atoms with van der Waals surface area (Å²) >= 11 is 0. The average molecular weight is 1060 g/mol. The molecule has 0 fully saturated rings. The second kappa shape index (κ2) is 63.9. The third-order valence-electron chi connectivity index (χ3n) is 13.9. The minimum absolute atomic E-state index is 0.0843. The molecule has 1 unspecified atom stereocenters. The van der Waals surface area contributed by atoms with Gasteiger partial charge in [0.1, 0.15) is 13.2 Å². The topological polar surface area (TPSA) is 78.9 Å². The Kier molecular flexibility index (Phi) is 60.8. The third-order valence-corrected chi connectivity index (χ3v) is 13.9. The average Bonchev–Trinajstić information content (AvgIpc) is 3.42. The summed E-state index contributed by atoms with van der Waals surface area (Å²) in [5, 5.41) is 0. The highest BCUT2D eigenvalue weighted by atomic mass is 16.6. The summed E-state index contributed by atoms with van der Waals surface area (Å²) in [6.07, 6.45) is 86.1. The van der Waals surface area contributed by atoms with Crippen molar-refractivity contribution in [2.75, 3.05) is 13.2 Å². The fourth-order valence-corrected chi connectivity index (χ4v) is 9.05. The smallest absolute Gasteiger partial charge is 0.306 e. The number of carbonyl (C=O) groups excluding carboxylic acids is 3. The summed E-state index contributed by atoms with van der Waals surface area (Å²) in [5.74, 6) is -0.914. The number of hydrogen-bond acceptors (Lipinski definition) is 6. The summed E-state index contributed by atoms with van der Waals surface area (Å²) in [5.41, 5.74) is 0. The highest BCUT2D eigenvalue weighted by Crippen LogP contribution is 2.17. The molecular weight excluding hydrogens is 937 g/mol. The van der Waals surface area contributed by atoms with Gasteiger partial charge in [0.05, 0.1) is 0 Å². The van der Waals surface area contributed by atoms with E-state index in [2.05, 4.69) is 118 Å². The fourth-order valence-electron chi connectivity index (χ4n) is 9.05. The van der Waals surface area contributed by atoms with Crippen molar-refractivity contribution in [1.29, 1.82) is 0 Å². The molecule has 0 bridgehead atoms. The molecule has 0 rings (SSSR count). The molecule has 0 aliphatic heterocycles. The Bertz CT molecular complexity index is 1490. The van der Waals surface area contributed by atoms with E-state index in [4.69, 9.17) is 14.2 Å². The normalized spacial score (nSPS) is 12.7. The highest BCUT2D eigenvalue weighted by molar-refractivity contribution is 5.71. The molecule has 0 aromatic carbocycles. The lowest BCUT2D eigenvalue weighted by Gasteiger charge is -2.18. The Balaban J connectivity index is 4.10. The maximum Gasteiger partial charge on any atom is 0.306 e. The molecule has 1 atom stereocenters. The molecule has 0 radical (unpaired) electrons. The fraction of sp³-hybridized carbons (Fsp3) is 0.729. The van der Waals surface area contributed by atoms with Crippen molar-refractivity contribution in [1.82, 2.24) is 0 Å². The molecule has 0 saturated heterocycles. The van der Waals surface area contributed by atoms with Crippen molar-refractivity contribution in [3.8, 4) is 0 Å². The Labute approximate surface area is 470 Å². The van der Waals surface area contributed by atoms with Crippen LogP contribution in [0.4, 0.5) is 0 Å². The van der Waals surface area contributed by atoms with E-state index in [0.29, 0.717) is 19.3 Å². The summed E-state index contributed by atoms with van der Waals surface area (Å²) in [6, 6.07) is 0. The van der Waals surface area contributed by atoms with E-state index >= 15 is 0 Å². The Hall–Kier alpha value is -3.67. The van der Waals surface area contributed by atoms with Crippen molar-refractivity contribution >= 4 is 17.9 Å². The zero-order chi connectivity index (χ0) is 55.0. The molecule has 0 aromatic rings. The van der Waals surface area contributed by atoms with Crippen LogP contribution in [0.3, 0.4) is 0 Å². The molecule has 0 aromatic heterocycles. The number of carbonyl (C=O) groups is 3.